The van der Waals surface area contributed by atoms with Gasteiger partial charge in [0.2, 0.25) is 5.95 Å². The number of aromatic nitrogens is 2. The third-order valence-electron chi connectivity index (χ3n) is 3.49. The van der Waals surface area contributed by atoms with E-state index in [-0.39, 0.29) is 5.91 Å². The first-order valence-electron chi connectivity index (χ1n) is 7.53. The van der Waals surface area contributed by atoms with Crippen LogP contribution in [0.15, 0.2) is 30.6 Å². The van der Waals surface area contributed by atoms with E-state index < -0.39 is 0 Å². The van der Waals surface area contributed by atoms with E-state index in [0.29, 0.717) is 24.7 Å². The molecule has 0 spiro atoms. The zero-order chi connectivity index (χ0) is 16.7. The molecule has 0 aliphatic rings. The maximum absolute atomic E-state index is 11.9. The monoisotopic (exact) mass is 314 g/mol. The van der Waals surface area contributed by atoms with Gasteiger partial charge in [-0.15, -0.1) is 0 Å². The number of hydrogen-bond donors (Lipinski definition) is 2. The number of ether oxygens (including phenoxy) is 1. The van der Waals surface area contributed by atoms with Crippen LogP contribution in [0.5, 0.6) is 0 Å². The van der Waals surface area contributed by atoms with E-state index in [1.165, 1.54) is 23.5 Å². The van der Waals surface area contributed by atoms with Gasteiger partial charge in [0.05, 0.1) is 5.56 Å². The van der Waals surface area contributed by atoms with Crippen LogP contribution in [0.25, 0.3) is 0 Å². The quantitative estimate of drug-likeness (QED) is 0.768. The van der Waals surface area contributed by atoms with Crippen LogP contribution in [0.4, 0.5) is 11.6 Å². The number of rotatable bonds is 7. The highest BCUT2D eigenvalue weighted by Gasteiger charge is 2.07. The Morgan fingerprint density at radius 1 is 1.17 bits per heavy atom. The van der Waals surface area contributed by atoms with Gasteiger partial charge in [0.1, 0.15) is 0 Å². The van der Waals surface area contributed by atoms with Crippen molar-refractivity contribution < 1.29 is 9.53 Å². The second-order valence-electron chi connectivity index (χ2n) is 5.32. The Morgan fingerprint density at radius 2 is 1.91 bits per heavy atom. The van der Waals surface area contributed by atoms with Gasteiger partial charge in [-0.1, -0.05) is 6.07 Å². The van der Waals surface area contributed by atoms with Crippen LogP contribution >= 0.6 is 0 Å². The van der Waals surface area contributed by atoms with Gasteiger partial charge in [0.25, 0.3) is 5.91 Å². The lowest BCUT2D eigenvalue weighted by Gasteiger charge is -2.08. The van der Waals surface area contributed by atoms with Gasteiger partial charge in [-0.2, -0.15) is 0 Å². The van der Waals surface area contributed by atoms with Crippen molar-refractivity contribution in [2.45, 2.75) is 20.3 Å². The maximum Gasteiger partial charge on any atom is 0.254 e. The van der Waals surface area contributed by atoms with Crippen LogP contribution < -0.4 is 10.6 Å². The number of methoxy groups -OCH3 is 1. The number of hydrogen-bond acceptors (Lipinski definition) is 5. The van der Waals surface area contributed by atoms with Gasteiger partial charge in [0, 0.05) is 38.3 Å². The standard InChI is InChI=1S/C17H22N4O2/c1-12-5-6-15(9-13(12)2)21-17-19-10-14(11-20-17)16(22)18-7-4-8-23-3/h5-6,9-11H,4,7-8H2,1-3H3,(H,18,22)(H,19,20,21). The van der Waals surface area contributed by atoms with Crippen LogP contribution in [0.3, 0.4) is 0 Å². The molecule has 122 valence electrons. The first-order chi connectivity index (χ1) is 11.1. The van der Waals surface area contributed by atoms with E-state index in [1.807, 2.05) is 18.2 Å². The molecule has 2 N–H and O–H groups in total. The van der Waals surface area contributed by atoms with Gasteiger partial charge in [0.15, 0.2) is 0 Å². The smallest absolute Gasteiger partial charge is 0.254 e. The van der Waals surface area contributed by atoms with Crippen molar-refractivity contribution in [3.05, 3.63) is 47.3 Å². The lowest BCUT2D eigenvalue weighted by Crippen LogP contribution is -2.25. The van der Waals surface area contributed by atoms with Gasteiger partial charge in [-0.3, -0.25) is 4.79 Å². The molecule has 0 saturated carbocycles. The van der Waals surface area contributed by atoms with Crippen molar-refractivity contribution in [3.63, 3.8) is 0 Å². The average molecular weight is 314 g/mol. The van der Waals surface area contributed by atoms with E-state index in [4.69, 9.17) is 4.74 Å². The largest absolute Gasteiger partial charge is 0.385 e. The van der Waals surface area contributed by atoms with Crippen molar-refractivity contribution in [2.24, 2.45) is 0 Å². The first-order valence-corrected chi connectivity index (χ1v) is 7.53. The lowest BCUT2D eigenvalue weighted by atomic mass is 10.1. The minimum absolute atomic E-state index is 0.182. The molecule has 6 heteroatoms. The molecule has 0 unspecified atom stereocenters. The molecule has 1 heterocycles. The fourth-order valence-electron chi connectivity index (χ4n) is 1.98. The van der Waals surface area contributed by atoms with Crippen molar-refractivity contribution in [1.82, 2.24) is 15.3 Å². The summed E-state index contributed by atoms with van der Waals surface area (Å²) in [6, 6.07) is 6.05. The summed E-state index contributed by atoms with van der Waals surface area (Å²) in [4.78, 5) is 20.3. The highest BCUT2D eigenvalue weighted by Crippen LogP contribution is 2.17. The molecule has 0 radical (unpaired) electrons. The molecule has 0 aliphatic heterocycles. The fourth-order valence-corrected chi connectivity index (χ4v) is 1.98. The number of nitrogens with zero attached hydrogens (tertiary/aromatic N) is 2. The van der Waals surface area contributed by atoms with E-state index in [0.717, 1.165) is 12.1 Å². The van der Waals surface area contributed by atoms with Crippen LogP contribution in [-0.2, 0) is 4.74 Å². The predicted molar refractivity (Wildman–Crippen MR) is 90.1 cm³/mol. The summed E-state index contributed by atoms with van der Waals surface area (Å²) in [5.41, 5.74) is 3.79. The van der Waals surface area contributed by atoms with Crippen LogP contribution in [0, 0.1) is 13.8 Å². The van der Waals surface area contributed by atoms with Gasteiger partial charge in [-0.05, 0) is 43.5 Å². The molecule has 2 aromatic rings. The summed E-state index contributed by atoms with van der Waals surface area (Å²) >= 11 is 0. The molecular weight excluding hydrogens is 292 g/mol. The Balaban J connectivity index is 1.93. The van der Waals surface area contributed by atoms with Gasteiger partial charge < -0.3 is 15.4 Å². The highest BCUT2D eigenvalue weighted by atomic mass is 16.5. The molecule has 1 aromatic carbocycles. The molecule has 0 aliphatic carbocycles. The van der Waals surface area contributed by atoms with Crippen LogP contribution in [0.2, 0.25) is 0 Å². The number of nitrogens with one attached hydrogen (secondary N) is 2. The molecule has 2 rings (SSSR count). The fraction of sp³-hybridized carbons (Fsp3) is 0.353. The lowest BCUT2D eigenvalue weighted by molar-refractivity contribution is 0.0948. The van der Waals surface area contributed by atoms with Crippen LogP contribution in [0.1, 0.15) is 27.9 Å². The molecule has 23 heavy (non-hydrogen) atoms. The third kappa shape index (κ3) is 5.03. The summed E-state index contributed by atoms with van der Waals surface area (Å²) in [5.74, 6) is 0.281. The second kappa shape index (κ2) is 8.24. The molecule has 0 fully saturated rings. The Morgan fingerprint density at radius 3 is 2.57 bits per heavy atom. The topological polar surface area (TPSA) is 76.1 Å². The molecule has 0 atom stereocenters. The second-order valence-corrected chi connectivity index (χ2v) is 5.32. The maximum atomic E-state index is 11.9. The summed E-state index contributed by atoms with van der Waals surface area (Å²) < 4.78 is 4.93. The number of carbonyl (C=O) groups is 1. The van der Waals surface area contributed by atoms with Crippen molar-refractivity contribution in [2.75, 3.05) is 25.6 Å². The minimum atomic E-state index is -0.182. The predicted octanol–water partition coefficient (Wildman–Crippen LogP) is 2.60. The summed E-state index contributed by atoms with van der Waals surface area (Å²) in [6.07, 6.45) is 3.81. The molecule has 1 aromatic heterocycles. The van der Waals surface area contributed by atoms with E-state index in [1.54, 1.807) is 7.11 Å². The third-order valence-corrected chi connectivity index (χ3v) is 3.49. The van der Waals surface area contributed by atoms with Crippen molar-refractivity contribution in [3.8, 4) is 0 Å². The minimum Gasteiger partial charge on any atom is -0.385 e. The first kappa shape index (κ1) is 16.9. The number of carbonyl (C=O) groups excluding carboxylic acids is 1. The molecule has 0 bridgehead atoms. The number of amides is 1. The van der Waals surface area contributed by atoms with Gasteiger partial charge in [-0.25, -0.2) is 9.97 Å². The zero-order valence-corrected chi connectivity index (χ0v) is 13.7. The molecule has 0 saturated heterocycles. The van der Waals surface area contributed by atoms with Gasteiger partial charge >= 0.3 is 0 Å². The Kier molecular flexibility index (Phi) is 6.05. The van der Waals surface area contributed by atoms with Crippen molar-refractivity contribution >= 4 is 17.5 Å². The van der Waals surface area contributed by atoms with E-state index in [2.05, 4.69) is 34.4 Å². The molecule has 6 nitrogen and oxygen atoms in total. The summed E-state index contributed by atoms with van der Waals surface area (Å²) in [5, 5.41) is 5.92. The Hall–Kier alpha value is -2.47. The average Bonchev–Trinajstić information content (AvgIpc) is 2.55. The number of benzene rings is 1. The van der Waals surface area contributed by atoms with Crippen molar-refractivity contribution in [1.29, 1.82) is 0 Å². The number of anilines is 2. The highest BCUT2D eigenvalue weighted by molar-refractivity contribution is 5.93. The normalized spacial score (nSPS) is 10.4. The Bertz CT molecular complexity index is 656. The zero-order valence-electron chi connectivity index (χ0n) is 13.7. The van der Waals surface area contributed by atoms with E-state index >= 15 is 0 Å². The summed E-state index contributed by atoms with van der Waals surface area (Å²) in [6.45, 7) is 5.30. The molecular formula is C17H22N4O2. The summed E-state index contributed by atoms with van der Waals surface area (Å²) in [7, 11) is 1.64. The van der Waals surface area contributed by atoms with Crippen LogP contribution in [-0.4, -0.2) is 36.1 Å². The SMILES string of the molecule is COCCCNC(=O)c1cnc(Nc2ccc(C)c(C)c2)nc1. The van der Waals surface area contributed by atoms with E-state index in [9.17, 15) is 4.79 Å². The number of aryl methyl sites for hydroxylation is 2. The Labute approximate surface area is 136 Å². The molecule has 1 amide bonds.